The number of rotatable bonds is 4. The first kappa shape index (κ1) is 13.5. The summed E-state index contributed by atoms with van der Waals surface area (Å²) in [5.74, 6) is 0. The van der Waals surface area contributed by atoms with Crippen LogP contribution in [0.25, 0.3) is 0 Å². The van der Waals surface area contributed by atoms with Crippen molar-refractivity contribution in [2.24, 2.45) is 0 Å². The zero-order valence-corrected chi connectivity index (χ0v) is 10.5. The predicted molar refractivity (Wildman–Crippen MR) is 61.1 cm³/mol. The van der Waals surface area contributed by atoms with Crippen LogP contribution in [0, 0.1) is 0 Å². The van der Waals surface area contributed by atoms with Crippen LogP contribution in [0.15, 0.2) is 28.7 Å². The summed E-state index contributed by atoms with van der Waals surface area (Å²) in [5.41, 5.74) is 0.993. The largest absolute Gasteiger partial charge is 0.390 e. The van der Waals surface area contributed by atoms with Gasteiger partial charge in [0.2, 0.25) is 0 Å². The van der Waals surface area contributed by atoms with Crippen molar-refractivity contribution in [1.82, 2.24) is 4.90 Å². The topological polar surface area (TPSA) is 3.24 Å². The number of alkyl halides is 3. The second-order valence-corrected chi connectivity index (χ2v) is 4.55. The van der Waals surface area contributed by atoms with Crippen molar-refractivity contribution in [2.75, 3.05) is 13.6 Å². The van der Waals surface area contributed by atoms with Crippen molar-refractivity contribution in [3.05, 3.63) is 34.3 Å². The Labute approximate surface area is 101 Å². The highest BCUT2D eigenvalue weighted by molar-refractivity contribution is 9.10. The van der Waals surface area contributed by atoms with Crippen LogP contribution in [-0.2, 0) is 6.54 Å². The second kappa shape index (κ2) is 5.68. The maximum absolute atomic E-state index is 12.0. The van der Waals surface area contributed by atoms with Gasteiger partial charge in [-0.05, 0) is 18.7 Å². The fourth-order valence-electron chi connectivity index (χ4n) is 1.31. The lowest BCUT2D eigenvalue weighted by Crippen LogP contribution is -2.24. The highest BCUT2D eigenvalue weighted by Gasteiger charge is 2.27. The molecular weight excluding hydrogens is 283 g/mol. The molecule has 0 saturated heterocycles. The average Bonchev–Trinajstić information content (AvgIpc) is 2.18. The lowest BCUT2D eigenvalue weighted by Gasteiger charge is -2.18. The third kappa shape index (κ3) is 4.99. The van der Waals surface area contributed by atoms with E-state index in [1.807, 2.05) is 24.3 Å². The standard InChI is InChI=1S/C11H13BrF3N/c1-16(7-6-11(13,14)15)8-9-4-2-3-5-10(9)12/h2-5H,6-8H2,1H3. The van der Waals surface area contributed by atoms with E-state index in [-0.39, 0.29) is 6.54 Å². The number of hydrogen-bond donors (Lipinski definition) is 0. The van der Waals surface area contributed by atoms with Gasteiger partial charge in [-0.2, -0.15) is 13.2 Å². The molecule has 1 aromatic carbocycles. The Kier molecular flexibility index (Phi) is 4.80. The first-order valence-electron chi connectivity index (χ1n) is 4.87. The van der Waals surface area contributed by atoms with Crippen LogP contribution in [0.5, 0.6) is 0 Å². The monoisotopic (exact) mass is 295 g/mol. The van der Waals surface area contributed by atoms with Crippen molar-refractivity contribution in [2.45, 2.75) is 19.1 Å². The molecule has 0 aliphatic heterocycles. The quantitative estimate of drug-likeness (QED) is 0.816. The molecule has 0 N–H and O–H groups in total. The Morgan fingerprint density at radius 2 is 1.88 bits per heavy atom. The lowest BCUT2D eigenvalue weighted by atomic mass is 10.2. The molecule has 1 rings (SSSR count). The molecule has 1 nitrogen and oxygen atoms in total. The van der Waals surface area contributed by atoms with Crippen LogP contribution in [0.1, 0.15) is 12.0 Å². The third-order valence-corrected chi connectivity index (χ3v) is 2.95. The molecule has 90 valence electrons. The SMILES string of the molecule is CN(CCC(F)(F)F)Cc1ccccc1Br. The van der Waals surface area contributed by atoms with E-state index in [0.29, 0.717) is 6.54 Å². The minimum atomic E-state index is -4.08. The van der Waals surface area contributed by atoms with Gasteiger partial charge in [0, 0.05) is 17.6 Å². The molecule has 0 unspecified atom stereocenters. The summed E-state index contributed by atoms with van der Waals surface area (Å²) >= 11 is 3.37. The zero-order valence-electron chi connectivity index (χ0n) is 8.89. The molecule has 0 radical (unpaired) electrons. The fourth-order valence-corrected chi connectivity index (χ4v) is 1.72. The highest BCUT2D eigenvalue weighted by Crippen LogP contribution is 2.21. The molecule has 0 amide bonds. The number of benzene rings is 1. The van der Waals surface area contributed by atoms with Gasteiger partial charge >= 0.3 is 6.18 Å². The molecule has 0 heterocycles. The molecule has 0 saturated carbocycles. The van der Waals surface area contributed by atoms with E-state index >= 15 is 0 Å². The van der Waals surface area contributed by atoms with Gasteiger partial charge in [-0.1, -0.05) is 34.1 Å². The Balaban J connectivity index is 2.46. The summed E-state index contributed by atoms with van der Waals surface area (Å²) < 4.78 is 36.9. The van der Waals surface area contributed by atoms with Crippen molar-refractivity contribution < 1.29 is 13.2 Å². The van der Waals surface area contributed by atoms with Crippen LogP contribution in [0.4, 0.5) is 13.2 Å². The van der Waals surface area contributed by atoms with Crippen LogP contribution in [-0.4, -0.2) is 24.7 Å². The molecule has 0 aromatic heterocycles. The van der Waals surface area contributed by atoms with Crippen molar-refractivity contribution in [3.63, 3.8) is 0 Å². The van der Waals surface area contributed by atoms with E-state index in [9.17, 15) is 13.2 Å². The lowest BCUT2D eigenvalue weighted by molar-refractivity contribution is -0.137. The molecule has 0 aliphatic carbocycles. The highest BCUT2D eigenvalue weighted by atomic mass is 79.9. The van der Waals surface area contributed by atoms with E-state index in [0.717, 1.165) is 10.0 Å². The summed E-state index contributed by atoms with van der Waals surface area (Å²) in [5, 5.41) is 0. The maximum atomic E-state index is 12.0. The van der Waals surface area contributed by atoms with Gasteiger partial charge in [-0.15, -0.1) is 0 Å². The molecule has 0 bridgehead atoms. The molecular formula is C11H13BrF3N. The van der Waals surface area contributed by atoms with Crippen molar-refractivity contribution in [3.8, 4) is 0 Å². The van der Waals surface area contributed by atoms with Crippen LogP contribution >= 0.6 is 15.9 Å². The molecule has 16 heavy (non-hydrogen) atoms. The van der Waals surface area contributed by atoms with Gasteiger partial charge in [-0.3, -0.25) is 0 Å². The van der Waals surface area contributed by atoms with Crippen LogP contribution < -0.4 is 0 Å². The van der Waals surface area contributed by atoms with Gasteiger partial charge in [0.15, 0.2) is 0 Å². The Morgan fingerprint density at radius 1 is 1.25 bits per heavy atom. The second-order valence-electron chi connectivity index (χ2n) is 3.69. The van der Waals surface area contributed by atoms with Gasteiger partial charge in [0.25, 0.3) is 0 Å². The molecule has 0 atom stereocenters. The van der Waals surface area contributed by atoms with E-state index in [4.69, 9.17) is 0 Å². The van der Waals surface area contributed by atoms with Gasteiger partial charge in [0.1, 0.15) is 0 Å². The summed E-state index contributed by atoms with van der Waals surface area (Å²) in [6, 6.07) is 7.53. The average molecular weight is 296 g/mol. The summed E-state index contributed by atoms with van der Waals surface area (Å²) in [6.07, 6.45) is -4.85. The third-order valence-electron chi connectivity index (χ3n) is 2.18. The molecule has 5 heteroatoms. The fraction of sp³-hybridized carbons (Fsp3) is 0.455. The Hall–Kier alpha value is -0.550. The molecule has 0 aliphatic rings. The normalized spacial score (nSPS) is 12.1. The summed E-state index contributed by atoms with van der Waals surface area (Å²) in [7, 11) is 1.69. The number of hydrogen-bond acceptors (Lipinski definition) is 1. The Bertz CT molecular complexity index is 338. The van der Waals surface area contributed by atoms with E-state index < -0.39 is 12.6 Å². The van der Waals surface area contributed by atoms with Gasteiger partial charge in [-0.25, -0.2) is 0 Å². The van der Waals surface area contributed by atoms with E-state index in [2.05, 4.69) is 15.9 Å². The van der Waals surface area contributed by atoms with Crippen molar-refractivity contribution in [1.29, 1.82) is 0 Å². The molecule has 0 spiro atoms. The van der Waals surface area contributed by atoms with Gasteiger partial charge < -0.3 is 4.90 Å². The first-order chi connectivity index (χ1) is 7.38. The number of nitrogens with zero attached hydrogens (tertiary/aromatic N) is 1. The van der Waals surface area contributed by atoms with Gasteiger partial charge in [0.05, 0.1) is 6.42 Å². The van der Waals surface area contributed by atoms with Crippen molar-refractivity contribution >= 4 is 15.9 Å². The smallest absolute Gasteiger partial charge is 0.302 e. The van der Waals surface area contributed by atoms with Crippen LogP contribution in [0.3, 0.4) is 0 Å². The van der Waals surface area contributed by atoms with E-state index in [1.165, 1.54) is 0 Å². The maximum Gasteiger partial charge on any atom is 0.390 e. The van der Waals surface area contributed by atoms with E-state index in [1.54, 1.807) is 11.9 Å². The minimum Gasteiger partial charge on any atom is -0.302 e. The zero-order chi connectivity index (χ0) is 12.2. The number of halogens is 4. The molecule has 0 fully saturated rings. The summed E-state index contributed by atoms with van der Waals surface area (Å²) in [6.45, 7) is 0.530. The minimum absolute atomic E-state index is 0.0187. The first-order valence-corrected chi connectivity index (χ1v) is 5.66. The van der Waals surface area contributed by atoms with Crippen LogP contribution in [0.2, 0.25) is 0 Å². The summed E-state index contributed by atoms with van der Waals surface area (Å²) in [4.78, 5) is 1.66. The molecule has 1 aromatic rings. The Morgan fingerprint density at radius 3 is 2.44 bits per heavy atom. The predicted octanol–water partition coefficient (Wildman–Crippen LogP) is 3.83.